The van der Waals surface area contributed by atoms with Crippen molar-refractivity contribution < 1.29 is 9.13 Å². The average molecular weight is 289 g/mol. The molecular formula is C17H20FNO2. The number of halogens is 1. The van der Waals surface area contributed by atoms with Gasteiger partial charge in [0.05, 0.1) is 6.54 Å². The molecule has 2 rings (SSSR count). The van der Waals surface area contributed by atoms with Gasteiger partial charge in [0.1, 0.15) is 18.2 Å². The van der Waals surface area contributed by atoms with Gasteiger partial charge in [-0.2, -0.15) is 0 Å². The number of pyridine rings is 1. The highest BCUT2D eigenvalue weighted by Crippen LogP contribution is 2.24. The molecule has 0 fully saturated rings. The number of benzene rings is 1. The van der Waals surface area contributed by atoms with Crippen LogP contribution >= 0.6 is 0 Å². The predicted molar refractivity (Wildman–Crippen MR) is 81.3 cm³/mol. The summed E-state index contributed by atoms with van der Waals surface area (Å²) in [5.41, 5.74) is 1.10. The first kappa shape index (κ1) is 15.3. The molecule has 0 amide bonds. The highest BCUT2D eigenvalue weighted by molar-refractivity contribution is 5.31. The Kier molecular flexibility index (Phi) is 4.46. The van der Waals surface area contributed by atoms with Gasteiger partial charge in [0, 0.05) is 12.3 Å². The van der Waals surface area contributed by atoms with Crippen molar-refractivity contribution in [2.45, 2.75) is 32.7 Å². The molecule has 2 aromatic rings. The van der Waals surface area contributed by atoms with Crippen LogP contribution in [-0.4, -0.2) is 11.2 Å². The van der Waals surface area contributed by atoms with Crippen molar-refractivity contribution in [1.82, 2.24) is 4.57 Å². The van der Waals surface area contributed by atoms with E-state index in [0.29, 0.717) is 13.2 Å². The van der Waals surface area contributed by atoms with Crippen LogP contribution < -0.4 is 10.3 Å². The summed E-state index contributed by atoms with van der Waals surface area (Å²) in [4.78, 5) is 11.5. The molecule has 3 nitrogen and oxygen atoms in total. The second kappa shape index (κ2) is 6.12. The summed E-state index contributed by atoms with van der Waals surface area (Å²) in [5, 5.41) is 0. The van der Waals surface area contributed by atoms with Crippen molar-refractivity contribution in [3.05, 3.63) is 64.3 Å². The van der Waals surface area contributed by atoms with Crippen LogP contribution in [0.15, 0.2) is 47.4 Å². The Morgan fingerprint density at radius 3 is 2.38 bits per heavy atom. The maximum absolute atomic E-state index is 13.1. The summed E-state index contributed by atoms with van der Waals surface area (Å²) < 4.78 is 19.9. The van der Waals surface area contributed by atoms with Gasteiger partial charge in [0.15, 0.2) is 0 Å². The normalized spacial score (nSPS) is 11.4. The van der Waals surface area contributed by atoms with Gasteiger partial charge in [0.2, 0.25) is 0 Å². The van der Waals surface area contributed by atoms with E-state index in [2.05, 4.69) is 20.8 Å². The largest absolute Gasteiger partial charge is 0.492 e. The van der Waals surface area contributed by atoms with Crippen LogP contribution in [0.1, 0.15) is 26.3 Å². The molecule has 0 spiro atoms. The van der Waals surface area contributed by atoms with Crippen molar-refractivity contribution in [2.24, 2.45) is 0 Å². The zero-order valence-corrected chi connectivity index (χ0v) is 12.6. The Bertz CT molecular complexity index is 654. The molecule has 0 aliphatic heterocycles. The van der Waals surface area contributed by atoms with E-state index in [0.717, 1.165) is 11.8 Å². The lowest BCUT2D eigenvalue weighted by Crippen LogP contribution is -2.22. The van der Waals surface area contributed by atoms with Crippen molar-refractivity contribution in [2.75, 3.05) is 6.61 Å². The summed E-state index contributed by atoms with van der Waals surface area (Å²) in [7, 11) is 0. The van der Waals surface area contributed by atoms with Gasteiger partial charge in [0.25, 0.3) is 5.56 Å². The van der Waals surface area contributed by atoms with E-state index in [4.69, 9.17) is 4.74 Å². The van der Waals surface area contributed by atoms with Crippen LogP contribution in [0.5, 0.6) is 5.75 Å². The molecule has 112 valence electrons. The second-order valence-corrected chi connectivity index (χ2v) is 6.00. The highest BCUT2D eigenvalue weighted by Gasteiger charge is 2.12. The molecule has 1 aromatic heterocycles. The molecule has 0 bridgehead atoms. The molecule has 0 aliphatic carbocycles. The molecule has 0 radical (unpaired) electrons. The summed E-state index contributed by atoms with van der Waals surface area (Å²) in [6.45, 7) is 7.09. The number of nitrogens with zero attached hydrogens (tertiary/aromatic N) is 1. The summed E-state index contributed by atoms with van der Waals surface area (Å²) in [6, 6.07) is 10.3. The Morgan fingerprint density at radius 1 is 1.10 bits per heavy atom. The summed E-state index contributed by atoms with van der Waals surface area (Å²) in [6.07, 6.45) is 1.19. The van der Waals surface area contributed by atoms with Gasteiger partial charge >= 0.3 is 0 Å². The third-order valence-corrected chi connectivity index (χ3v) is 3.27. The van der Waals surface area contributed by atoms with E-state index in [1.54, 1.807) is 0 Å². The molecule has 0 saturated heterocycles. The fourth-order valence-electron chi connectivity index (χ4n) is 1.99. The zero-order valence-electron chi connectivity index (χ0n) is 12.6. The quantitative estimate of drug-likeness (QED) is 0.864. The van der Waals surface area contributed by atoms with E-state index in [-0.39, 0.29) is 11.0 Å². The lowest BCUT2D eigenvalue weighted by Gasteiger charge is -2.19. The van der Waals surface area contributed by atoms with Crippen LogP contribution in [0.25, 0.3) is 0 Å². The summed E-state index contributed by atoms with van der Waals surface area (Å²) in [5.74, 6) is 0.316. The number of ether oxygens (including phenoxy) is 1. The molecule has 4 heteroatoms. The number of hydrogen-bond donors (Lipinski definition) is 0. The smallest absolute Gasteiger partial charge is 0.250 e. The van der Waals surface area contributed by atoms with Gasteiger partial charge < -0.3 is 9.30 Å². The molecule has 0 saturated carbocycles. The van der Waals surface area contributed by atoms with Crippen LogP contribution in [0.2, 0.25) is 0 Å². The fraction of sp³-hybridized carbons (Fsp3) is 0.353. The molecule has 1 aromatic carbocycles. The Labute approximate surface area is 124 Å². The van der Waals surface area contributed by atoms with Crippen LogP contribution in [-0.2, 0) is 12.0 Å². The maximum atomic E-state index is 13.1. The molecular weight excluding hydrogens is 269 g/mol. The van der Waals surface area contributed by atoms with E-state index in [1.807, 2.05) is 24.3 Å². The molecule has 1 heterocycles. The predicted octanol–water partition coefficient (Wildman–Crippen LogP) is 3.36. The highest BCUT2D eigenvalue weighted by atomic mass is 19.1. The third kappa shape index (κ3) is 4.18. The molecule has 0 N–H and O–H groups in total. The average Bonchev–Trinajstić information content (AvgIpc) is 2.42. The standard InChI is InChI=1S/C17H20FNO2/c1-17(2,3)13-4-7-15(8-5-13)21-11-10-19-12-14(18)6-9-16(19)20/h4-9,12H,10-11H2,1-3H3. The topological polar surface area (TPSA) is 31.2 Å². The second-order valence-electron chi connectivity index (χ2n) is 6.00. The van der Waals surface area contributed by atoms with Gasteiger partial charge in [-0.15, -0.1) is 0 Å². The number of aromatic nitrogens is 1. The minimum absolute atomic E-state index is 0.105. The Hall–Kier alpha value is -2.10. The monoisotopic (exact) mass is 289 g/mol. The fourth-order valence-corrected chi connectivity index (χ4v) is 1.99. The molecule has 0 atom stereocenters. The van der Waals surface area contributed by atoms with Crippen molar-refractivity contribution in [3.8, 4) is 5.75 Å². The van der Waals surface area contributed by atoms with Crippen molar-refractivity contribution in [1.29, 1.82) is 0 Å². The van der Waals surface area contributed by atoms with Crippen LogP contribution in [0, 0.1) is 5.82 Å². The first-order valence-electron chi connectivity index (χ1n) is 6.95. The van der Waals surface area contributed by atoms with E-state index >= 15 is 0 Å². The lowest BCUT2D eigenvalue weighted by molar-refractivity contribution is 0.295. The molecule has 0 aliphatic rings. The lowest BCUT2D eigenvalue weighted by atomic mass is 9.87. The number of hydrogen-bond acceptors (Lipinski definition) is 2. The van der Waals surface area contributed by atoms with Gasteiger partial charge in [-0.25, -0.2) is 4.39 Å². The van der Waals surface area contributed by atoms with E-state index in [1.165, 1.54) is 22.4 Å². The van der Waals surface area contributed by atoms with Gasteiger partial charge in [-0.05, 0) is 29.2 Å². The third-order valence-electron chi connectivity index (χ3n) is 3.27. The SMILES string of the molecule is CC(C)(C)c1ccc(OCCn2cc(F)ccc2=O)cc1. The number of rotatable bonds is 4. The summed E-state index contributed by atoms with van der Waals surface area (Å²) >= 11 is 0. The Morgan fingerprint density at radius 2 is 1.76 bits per heavy atom. The van der Waals surface area contributed by atoms with Gasteiger partial charge in [-0.3, -0.25) is 4.79 Å². The first-order valence-corrected chi connectivity index (χ1v) is 6.95. The maximum Gasteiger partial charge on any atom is 0.250 e. The minimum atomic E-state index is -0.427. The zero-order chi connectivity index (χ0) is 15.5. The van der Waals surface area contributed by atoms with Gasteiger partial charge in [-0.1, -0.05) is 32.9 Å². The first-order chi connectivity index (χ1) is 9.86. The Balaban J connectivity index is 1.95. The molecule has 0 unspecified atom stereocenters. The van der Waals surface area contributed by atoms with Crippen molar-refractivity contribution >= 4 is 0 Å². The van der Waals surface area contributed by atoms with Crippen LogP contribution in [0.4, 0.5) is 4.39 Å². The minimum Gasteiger partial charge on any atom is -0.492 e. The molecule has 21 heavy (non-hydrogen) atoms. The van der Waals surface area contributed by atoms with Crippen molar-refractivity contribution in [3.63, 3.8) is 0 Å². The van der Waals surface area contributed by atoms with Crippen LogP contribution in [0.3, 0.4) is 0 Å². The van der Waals surface area contributed by atoms with E-state index in [9.17, 15) is 9.18 Å². The van der Waals surface area contributed by atoms with E-state index < -0.39 is 5.82 Å².